The SMILES string of the molecule is Cc1c(C)c(C)c(S(=O)(=O)NCCC(=O)N2CCCC2c2ccc3c(c2)OCCO3)c(C)c1C. The molecule has 34 heavy (non-hydrogen) atoms. The Labute approximate surface area is 202 Å². The van der Waals surface area contributed by atoms with Gasteiger partial charge in [0.15, 0.2) is 11.5 Å². The molecule has 184 valence electrons. The maximum Gasteiger partial charge on any atom is 0.241 e. The Balaban J connectivity index is 1.44. The topological polar surface area (TPSA) is 84.9 Å². The van der Waals surface area contributed by atoms with Gasteiger partial charge >= 0.3 is 0 Å². The summed E-state index contributed by atoms with van der Waals surface area (Å²) in [5.41, 5.74) is 5.63. The highest BCUT2D eigenvalue weighted by Crippen LogP contribution is 2.38. The van der Waals surface area contributed by atoms with Crippen LogP contribution in [0.4, 0.5) is 0 Å². The Morgan fingerprint density at radius 3 is 2.26 bits per heavy atom. The van der Waals surface area contributed by atoms with E-state index >= 15 is 0 Å². The molecule has 2 aliphatic rings. The van der Waals surface area contributed by atoms with Crippen LogP contribution in [0.15, 0.2) is 23.1 Å². The number of hydrogen-bond donors (Lipinski definition) is 1. The van der Waals surface area contributed by atoms with Crippen LogP contribution in [0.25, 0.3) is 0 Å². The van der Waals surface area contributed by atoms with Gasteiger partial charge in [0.2, 0.25) is 15.9 Å². The number of nitrogens with one attached hydrogen (secondary N) is 1. The fourth-order valence-electron chi connectivity index (χ4n) is 5.06. The molecule has 0 radical (unpaired) electrons. The first-order chi connectivity index (χ1) is 16.1. The largest absolute Gasteiger partial charge is 0.486 e. The number of nitrogens with zero attached hydrogens (tertiary/aromatic N) is 1. The molecule has 2 aromatic rings. The van der Waals surface area contributed by atoms with Crippen LogP contribution >= 0.6 is 0 Å². The summed E-state index contributed by atoms with van der Waals surface area (Å²) in [6.45, 7) is 11.4. The summed E-state index contributed by atoms with van der Waals surface area (Å²) < 4.78 is 40.3. The summed E-state index contributed by atoms with van der Waals surface area (Å²) in [6, 6.07) is 5.81. The fourth-order valence-corrected chi connectivity index (χ4v) is 6.68. The molecule has 1 N–H and O–H groups in total. The molecule has 1 atom stereocenters. The van der Waals surface area contributed by atoms with Crippen LogP contribution in [0.1, 0.15) is 58.7 Å². The predicted octanol–water partition coefficient (Wildman–Crippen LogP) is 4.03. The maximum atomic E-state index is 13.2. The number of hydrogen-bond acceptors (Lipinski definition) is 5. The molecule has 1 saturated heterocycles. The average Bonchev–Trinajstić information content (AvgIpc) is 3.31. The van der Waals surface area contributed by atoms with Crippen LogP contribution in [-0.4, -0.2) is 45.5 Å². The lowest BCUT2D eigenvalue weighted by Crippen LogP contribution is -2.34. The van der Waals surface area contributed by atoms with Gasteiger partial charge in [0.1, 0.15) is 13.2 Å². The number of rotatable bonds is 6. The second-order valence-corrected chi connectivity index (χ2v) is 11.0. The monoisotopic (exact) mass is 486 g/mol. The van der Waals surface area contributed by atoms with E-state index in [0.29, 0.717) is 30.4 Å². The molecule has 7 nitrogen and oxygen atoms in total. The molecule has 2 aliphatic heterocycles. The number of ether oxygens (including phenoxy) is 2. The molecule has 1 unspecified atom stereocenters. The number of benzene rings is 2. The molecule has 0 saturated carbocycles. The van der Waals surface area contributed by atoms with E-state index in [2.05, 4.69) is 4.72 Å². The zero-order valence-corrected chi connectivity index (χ0v) is 21.5. The van der Waals surface area contributed by atoms with Crippen molar-refractivity contribution in [3.05, 3.63) is 51.6 Å². The lowest BCUT2D eigenvalue weighted by atomic mass is 9.95. The van der Waals surface area contributed by atoms with Crippen LogP contribution in [0.5, 0.6) is 11.5 Å². The smallest absolute Gasteiger partial charge is 0.241 e. The second kappa shape index (κ2) is 9.58. The molecule has 1 fully saturated rings. The molecule has 0 spiro atoms. The van der Waals surface area contributed by atoms with E-state index in [1.165, 1.54) is 0 Å². The molecule has 0 aliphatic carbocycles. The summed E-state index contributed by atoms with van der Waals surface area (Å²) in [5.74, 6) is 1.39. The summed E-state index contributed by atoms with van der Waals surface area (Å²) >= 11 is 0. The standard InChI is InChI=1S/C26H34N2O5S/c1-16-17(2)19(4)26(20(5)18(16)3)34(30,31)27-11-10-25(29)28-12-6-7-22(28)21-8-9-23-24(15-21)33-14-13-32-23/h8-9,15,22,27H,6-7,10-14H2,1-5H3. The van der Waals surface area contributed by atoms with Crippen LogP contribution < -0.4 is 14.2 Å². The number of amides is 1. The lowest BCUT2D eigenvalue weighted by molar-refractivity contribution is -0.131. The first-order valence-electron chi connectivity index (χ1n) is 11.9. The van der Waals surface area contributed by atoms with E-state index < -0.39 is 10.0 Å². The van der Waals surface area contributed by atoms with Gasteiger partial charge in [0, 0.05) is 19.5 Å². The van der Waals surface area contributed by atoms with Crippen molar-refractivity contribution in [1.29, 1.82) is 0 Å². The van der Waals surface area contributed by atoms with Gasteiger partial charge in [-0.05, 0) is 93.0 Å². The highest BCUT2D eigenvalue weighted by Gasteiger charge is 2.31. The van der Waals surface area contributed by atoms with Crippen LogP contribution in [0.3, 0.4) is 0 Å². The van der Waals surface area contributed by atoms with Crippen molar-refractivity contribution in [3.8, 4) is 11.5 Å². The minimum absolute atomic E-state index is 0.0354. The molecular weight excluding hydrogens is 452 g/mol. The molecule has 2 aromatic carbocycles. The molecule has 1 amide bonds. The highest BCUT2D eigenvalue weighted by atomic mass is 32.2. The Bertz CT molecular complexity index is 1190. The van der Waals surface area contributed by atoms with Crippen LogP contribution in [-0.2, 0) is 14.8 Å². The van der Waals surface area contributed by atoms with E-state index in [4.69, 9.17) is 9.47 Å². The number of likely N-dealkylation sites (tertiary alicyclic amines) is 1. The van der Waals surface area contributed by atoms with Gasteiger partial charge in [-0.2, -0.15) is 0 Å². The van der Waals surface area contributed by atoms with Crippen molar-refractivity contribution in [3.63, 3.8) is 0 Å². The molecule has 8 heteroatoms. The van der Waals surface area contributed by atoms with Gasteiger partial charge < -0.3 is 14.4 Å². The van der Waals surface area contributed by atoms with E-state index in [0.717, 1.165) is 52.0 Å². The minimum Gasteiger partial charge on any atom is -0.486 e. The van der Waals surface area contributed by atoms with Crippen LogP contribution in [0.2, 0.25) is 0 Å². The van der Waals surface area contributed by atoms with Gasteiger partial charge in [0.25, 0.3) is 0 Å². The fraction of sp³-hybridized carbons (Fsp3) is 0.500. The molecule has 2 heterocycles. The Hall–Kier alpha value is -2.58. The molecule has 0 aromatic heterocycles. The zero-order valence-electron chi connectivity index (χ0n) is 20.7. The first-order valence-corrected chi connectivity index (χ1v) is 13.4. The van der Waals surface area contributed by atoms with E-state index in [1.807, 2.05) is 57.7 Å². The number of carbonyl (C=O) groups excluding carboxylic acids is 1. The van der Waals surface area contributed by atoms with Crippen molar-refractivity contribution in [2.24, 2.45) is 0 Å². The van der Waals surface area contributed by atoms with Gasteiger partial charge in [-0.3, -0.25) is 4.79 Å². The van der Waals surface area contributed by atoms with Crippen molar-refractivity contribution in [1.82, 2.24) is 9.62 Å². The van der Waals surface area contributed by atoms with Gasteiger partial charge in [0.05, 0.1) is 10.9 Å². The zero-order chi connectivity index (χ0) is 24.6. The van der Waals surface area contributed by atoms with Gasteiger partial charge in [-0.1, -0.05) is 6.07 Å². The summed E-state index contributed by atoms with van der Waals surface area (Å²) in [7, 11) is -3.73. The predicted molar refractivity (Wildman–Crippen MR) is 131 cm³/mol. The number of fused-ring (bicyclic) bond motifs is 1. The highest BCUT2D eigenvalue weighted by molar-refractivity contribution is 7.89. The third kappa shape index (κ3) is 4.53. The van der Waals surface area contributed by atoms with Crippen molar-refractivity contribution < 1.29 is 22.7 Å². The maximum absolute atomic E-state index is 13.2. The van der Waals surface area contributed by atoms with Crippen molar-refractivity contribution in [2.75, 3.05) is 26.3 Å². The number of sulfonamides is 1. The van der Waals surface area contributed by atoms with Crippen molar-refractivity contribution >= 4 is 15.9 Å². The summed E-state index contributed by atoms with van der Waals surface area (Å²) in [4.78, 5) is 15.2. The normalized spacial score (nSPS) is 17.8. The third-order valence-electron chi connectivity index (χ3n) is 7.36. The molecule has 0 bridgehead atoms. The third-order valence-corrected chi connectivity index (χ3v) is 9.09. The van der Waals surface area contributed by atoms with E-state index in [9.17, 15) is 13.2 Å². The first kappa shape index (κ1) is 24.5. The second-order valence-electron chi connectivity index (χ2n) is 9.25. The Kier molecular flexibility index (Phi) is 6.92. The number of carbonyl (C=O) groups is 1. The molecule has 4 rings (SSSR count). The van der Waals surface area contributed by atoms with Crippen molar-refractivity contribution in [2.45, 2.75) is 64.8 Å². The van der Waals surface area contributed by atoms with Crippen LogP contribution in [0, 0.1) is 34.6 Å². The van der Waals surface area contributed by atoms with E-state index in [1.54, 1.807) is 0 Å². The lowest BCUT2D eigenvalue weighted by Gasteiger charge is -2.27. The Morgan fingerprint density at radius 2 is 1.59 bits per heavy atom. The minimum atomic E-state index is -3.73. The quantitative estimate of drug-likeness (QED) is 0.666. The summed E-state index contributed by atoms with van der Waals surface area (Å²) in [5, 5.41) is 0. The molecular formula is C26H34N2O5S. The van der Waals surface area contributed by atoms with Gasteiger partial charge in [-0.15, -0.1) is 0 Å². The van der Waals surface area contributed by atoms with Gasteiger partial charge in [-0.25, -0.2) is 13.1 Å². The average molecular weight is 487 g/mol. The van der Waals surface area contributed by atoms with E-state index in [-0.39, 0.29) is 24.9 Å². The summed E-state index contributed by atoms with van der Waals surface area (Å²) in [6.07, 6.45) is 1.90. The Morgan fingerprint density at radius 1 is 0.971 bits per heavy atom.